The number of rotatable bonds is 2. The Hall–Kier alpha value is -1.38. The molecule has 0 amide bonds. The molecule has 1 saturated heterocycles. The van der Waals surface area contributed by atoms with E-state index in [1.807, 2.05) is 40.7 Å². The second-order valence-corrected chi connectivity index (χ2v) is 5.78. The Morgan fingerprint density at radius 3 is 2.32 bits per heavy atom. The molecule has 5 heteroatoms. The first-order chi connectivity index (χ1) is 8.82. The Morgan fingerprint density at radius 2 is 1.84 bits per heavy atom. The van der Waals surface area contributed by atoms with Gasteiger partial charge in [0.2, 0.25) is 0 Å². The summed E-state index contributed by atoms with van der Waals surface area (Å²) in [4.78, 5) is 4.10. The van der Waals surface area contributed by atoms with Crippen molar-refractivity contribution in [2.24, 2.45) is 0 Å². The summed E-state index contributed by atoms with van der Waals surface area (Å²) in [5, 5.41) is 9.13. The standard InChI is InChI=1S/C14H19BN2O2/c1-6-10-11(7-8-17-12(10)9-16)15-18-13(2,3)14(4,5)19-15/h7-8H,6H2,1-5H3. The number of hydrogen-bond acceptors (Lipinski definition) is 4. The molecule has 100 valence electrons. The maximum Gasteiger partial charge on any atom is 0.495 e. The molecule has 1 aromatic rings. The van der Waals surface area contributed by atoms with Gasteiger partial charge in [-0.1, -0.05) is 6.92 Å². The van der Waals surface area contributed by atoms with Crippen LogP contribution in [0.3, 0.4) is 0 Å². The minimum absolute atomic E-state index is 0.376. The van der Waals surface area contributed by atoms with Crippen LogP contribution >= 0.6 is 0 Å². The smallest absolute Gasteiger partial charge is 0.399 e. The molecule has 0 saturated carbocycles. The van der Waals surface area contributed by atoms with E-state index in [0.717, 1.165) is 17.4 Å². The number of nitrogens with zero attached hydrogens (tertiary/aromatic N) is 2. The Morgan fingerprint density at radius 1 is 1.26 bits per heavy atom. The van der Waals surface area contributed by atoms with Gasteiger partial charge in [0.25, 0.3) is 0 Å². The van der Waals surface area contributed by atoms with Gasteiger partial charge in [0.1, 0.15) is 11.8 Å². The summed E-state index contributed by atoms with van der Waals surface area (Å²) < 4.78 is 12.1. The first-order valence-electron chi connectivity index (χ1n) is 6.56. The van der Waals surface area contributed by atoms with Crippen LogP contribution in [0.25, 0.3) is 0 Å². The highest BCUT2D eigenvalue weighted by Gasteiger charge is 2.52. The van der Waals surface area contributed by atoms with Crippen molar-refractivity contribution in [1.29, 1.82) is 5.26 Å². The summed E-state index contributed by atoms with van der Waals surface area (Å²) in [6.07, 6.45) is 2.37. The lowest BCUT2D eigenvalue weighted by Gasteiger charge is -2.32. The molecule has 0 spiro atoms. The van der Waals surface area contributed by atoms with E-state index in [-0.39, 0.29) is 11.2 Å². The van der Waals surface area contributed by atoms with Gasteiger partial charge in [-0.15, -0.1) is 0 Å². The predicted octanol–water partition coefficient (Wildman–Crippen LogP) is 1.81. The zero-order valence-corrected chi connectivity index (χ0v) is 12.2. The third kappa shape index (κ3) is 2.26. The van der Waals surface area contributed by atoms with Crippen LogP contribution in [0.4, 0.5) is 0 Å². The summed E-state index contributed by atoms with van der Waals surface area (Å²) in [5.41, 5.74) is 1.52. The Balaban J connectivity index is 2.43. The molecule has 19 heavy (non-hydrogen) atoms. The molecule has 0 atom stereocenters. The lowest BCUT2D eigenvalue weighted by atomic mass is 9.75. The summed E-state index contributed by atoms with van der Waals surface area (Å²) in [5.74, 6) is 0. The van der Waals surface area contributed by atoms with Crippen molar-refractivity contribution in [1.82, 2.24) is 4.98 Å². The van der Waals surface area contributed by atoms with Gasteiger partial charge in [-0.25, -0.2) is 4.98 Å². The third-order valence-electron chi connectivity index (χ3n) is 4.06. The predicted molar refractivity (Wildman–Crippen MR) is 74.0 cm³/mol. The molecule has 1 fully saturated rings. The quantitative estimate of drug-likeness (QED) is 0.759. The van der Waals surface area contributed by atoms with Crippen LogP contribution in [-0.4, -0.2) is 23.3 Å². The highest BCUT2D eigenvalue weighted by molar-refractivity contribution is 6.62. The zero-order chi connectivity index (χ0) is 14.3. The number of aromatic nitrogens is 1. The van der Waals surface area contributed by atoms with Gasteiger partial charge in [0, 0.05) is 6.20 Å². The van der Waals surface area contributed by atoms with Crippen molar-refractivity contribution in [3.05, 3.63) is 23.5 Å². The summed E-state index contributed by atoms with van der Waals surface area (Å²) in [7, 11) is -0.435. The van der Waals surface area contributed by atoms with E-state index in [1.54, 1.807) is 6.20 Å². The van der Waals surface area contributed by atoms with Crippen LogP contribution in [0.15, 0.2) is 12.3 Å². The highest BCUT2D eigenvalue weighted by atomic mass is 16.7. The van der Waals surface area contributed by atoms with E-state index in [2.05, 4.69) is 11.1 Å². The van der Waals surface area contributed by atoms with Gasteiger partial charge in [-0.05, 0) is 51.2 Å². The van der Waals surface area contributed by atoms with Crippen LogP contribution in [0.2, 0.25) is 0 Å². The van der Waals surface area contributed by atoms with Crippen LogP contribution in [-0.2, 0) is 15.7 Å². The molecule has 1 aliphatic rings. The minimum Gasteiger partial charge on any atom is -0.399 e. The van der Waals surface area contributed by atoms with E-state index in [9.17, 15) is 0 Å². The first kappa shape index (κ1) is 14.0. The maximum atomic E-state index is 9.13. The Labute approximate surface area is 114 Å². The zero-order valence-electron chi connectivity index (χ0n) is 12.2. The Kier molecular flexibility index (Phi) is 3.42. The maximum absolute atomic E-state index is 9.13. The van der Waals surface area contributed by atoms with Crippen molar-refractivity contribution in [2.45, 2.75) is 52.2 Å². The van der Waals surface area contributed by atoms with Gasteiger partial charge in [-0.2, -0.15) is 5.26 Å². The number of pyridine rings is 1. The minimum atomic E-state index is -0.435. The SMILES string of the molecule is CCc1c(B2OC(C)(C)C(C)(C)O2)ccnc1C#N. The fraction of sp³-hybridized carbons (Fsp3) is 0.571. The second-order valence-electron chi connectivity index (χ2n) is 5.78. The van der Waals surface area contributed by atoms with Gasteiger partial charge in [-0.3, -0.25) is 0 Å². The van der Waals surface area contributed by atoms with E-state index in [1.165, 1.54) is 0 Å². The molecule has 0 bridgehead atoms. The largest absolute Gasteiger partial charge is 0.495 e. The van der Waals surface area contributed by atoms with Gasteiger partial charge < -0.3 is 9.31 Å². The highest BCUT2D eigenvalue weighted by Crippen LogP contribution is 2.36. The molecule has 2 heterocycles. The lowest BCUT2D eigenvalue weighted by Crippen LogP contribution is -2.41. The molecule has 0 radical (unpaired) electrons. The molecule has 1 aliphatic heterocycles. The molecule has 4 nitrogen and oxygen atoms in total. The molecule has 2 rings (SSSR count). The molecular weight excluding hydrogens is 239 g/mol. The topological polar surface area (TPSA) is 55.1 Å². The average Bonchev–Trinajstić information content (AvgIpc) is 2.57. The van der Waals surface area contributed by atoms with Gasteiger partial charge in [0.05, 0.1) is 11.2 Å². The molecule has 0 aliphatic carbocycles. The van der Waals surface area contributed by atoms with Gasteiger partial charge >= 0.3 is 7.12 Å². The molecule has 0 unspecified atom stereocenters. The van der Waals surface area contributed by atoms with Crippen molar-refractivity contribution >= 4 is 12.6 Å². The normalized spacial score (nSPS) is 20.3. The van der Waals surface area contributed by atoms with Crippen LogP contribution < -0.4 is 5.46 Å². The van der Waals surface area contributed by atoms with Crippen LogP contribution in [0.1, 0.15) is 45.9 Å². The summed E-state index contributed by atoms with van der Waals surface area (Å²) in [6, 6.07) is 4.01. The molecule has 0 N–H and O–H groups in total. The van der Waals surface area contributed by atoms with Crippen molar-refractivity contribution in [2.75, 3.05) is 0 Å². The summed E-state index contributed by atoms with van der Waals surface area (Å²) >= 11 is 0. The Bertz CT molecular complexity index is 519. The van der Waals surface area contributed by atoms with E-state index < -0.39 is 7.12 Å². The van der Waals surface area contributed by atoms with Crippen molar-refractivity contribution < 1.29 is 9.31 Å². The lowest BCUT2D eigenvalue weighted by molar-refractivity contribution is 0.00578. The van der Waals surface area contributed by atoms with E-state index in [0.29, 0.717) is 5.69 Å². The first-order valence-corrected chi connectivity index (χ1v) is 6.56. The van der Waals surface area contributed by atoms with E-state index >= 15 is 0 Å². The average molecular weight is 258 g/mol. The summed E-state index contributed by atoms with van der Waals surface area (Å²) in [6.45, 7) is 10.1. The third-order valence-corrected chi connectivity index (χ3v) is 4.06. The number of nitriles is 1. The fourth-order valence-electron chi connectivity index (χ4n) is 2.17. The van der Waals surface area contributed by atoms with Crippen LogP contribution in [0.5, 0.6) is 0 Å². The van der Waals surface area contributed by atoms with Crippen molar-refractivity contribution in [3.8, 4) is 6.07 Å². The van der Waals surface area contributed by atoms with E-state index in [4.69, 9.17) is 14.6 Å². The van der Waals surface area contributed by atoms with Gasteiger partial charge in [0.15, 0.2) is 0 Å². The number of hydrogen-bond donors (Lipinski definition) is 0. The van der Waals surface area contributed by atoms with Crippen molar-refractivity contribution in [3.63, 3.8) is 0 Å². The molecule has 0 aromatic carbocycles. The fourth-order valence-corrected chi connectivity index (χ4v) is 2.17. The monoisotopic (exact) mass is 258 g/mol. The van der Waals surface area contributed by atoms with Crippen LogP contribution in [0, 0.1) is 11.3 Å². The molecule has 1 aromatic heterocycles. The molecular formula is C14H19BN2O2. The second kappa shape index (κ2) is 4.62.